The Kier molecular flexibility index (Phi) is 8.48. The molecule has 0 amide bonds. The Morgan fingerprint density at radius 2 is 1.90 bits per heavy atom. The molecule has 0 saturated carbocycles. The van der Waals surface area contributed by atoms with E-state index in [4.69, 9.17) is 10.4 Å². The van der Waals surface area contributed by atoms with Crippen LogP contribution in [-0.2, 0) is 6.54 Å². The van der Waals surface area contributed by atoms with E-state index in [2.05, 4.69) is 45.3 Å². The number of hydrogen-bond acceptors (Lipinski definition) is 7. The predicted octanol–water partition coefficient (Wildman–Crippen LogP) is 4.63. The van der Waals surface area contributed by atoms with Gasteiger partial charge in [-0.2, -0.15) is 5.26 Å². The average Bonchev–Trinajstić information content (AvgIpc) is 2.98. The number of nitriles is 1. The molecule has 1 aromatic carbocycles. The lowest BCUT2D eigenvalue weighted by atomic mass is 9.91. The van der Waals surface area contributed by atoms with E-state index in [0.29, 0.717) is 37.4 Å². The largest absolute Gasteiger partial charge is 0.360 e. The number of benzene rings is 1. The number of aromatic nitrogens is 1. The Balaban J connectivity index is 1.33. The third kappa shape index (κ3) is 6.03. The van der Waals surface area contributed by atoms with E-state index in [9.17, 15) is 14.0 Å². The molecular weight excluding hydrogens is 508 g/mol. The van der Waals surface area contributed by atoms with Crippen molar-refractivity contribution in [1.82, 2.24) is 20.1 Å². The lowest BCUT2D eigenvalue weighted by molar-refractivity contribution is 0.242. The lowest BCUT2D eigenvalue weighted by Gasteiger charge is -2.35. The van der Waals surface area contributed by atoms with Crippen molar-refractivity contribution >= 4 is 17.6 Å². The lowest BCUT2D eigenvalue weighted by Crippen LogP contribution is -2.46. The molecule has 0 atom stereocenters. The van der Waals surface area contributed by atoms with Crippen LogP contribution in [0.2, 0.25) is 0 Å². The van der Waals surface area contributed by atoms with Crippen molar-refractivity contribution in [3.05, 3.63) is 100 Å². The highest BCUT2D eigenvalue weighted by molar-refractivity contribution is 5.85. The molecule has 206 valence electrons. The summed E-state index contributed by atoms with van der Waals surface area (Å²) in [4.78, 5) is 11.3. The second kappa shape index (κ2) is 12.4. The highest BCUT2D eigenvalue weighted by Crippen LogP contribution is 2.33. The molecule has 2 aromatic rings. The molecule has 0 radical (unpaired) electrons. The van der Waals surface area contributed by atoms with E-state index in [1.807, 2.05) is 24.5 Å². The van der Waals surface area contributed by atoms with Crippen molar-refractivity contribution in [3.63, 3.8) is 0 Å². The maximum atomic E-state index is 14.1. The van der Waals surface area contributed by atoms with Gasteiger partial charge < -0.3 is 20.5 Å². The summed E-state index contributed by atoms with van der Waals surface area (Å²) in [5.74, 6) is -0.182. The van der Waals surface area contributed by atoms with Crippen molar-refractivity contribution in [3.8, 4) is 6.07 Å². The Hall–Kier alpha value is -4.13. The molecular formula is C31H33F2N7. The van der Waals surface area contributed by atoms with Gasteiger partial charge in [0.15, 0.2) is 0 Å². The van der Waals surface area contributed by atoms with Crippen LogP contribution >= 0.6 is 0 Å². The number of pyridine rings is 1. The summed E-state index contributed by atoms with van der Waals surface area (Å²) in [6.07, 6.45) is 10.6. The van der Waals surface area contributed by atoms with Gasteiger partial charge in [0.1, 0.15) is 17.5 Å². The van der Waals surface area contributed by atoms with Gasteiger partial charge in [-0.15, -0.1) is 0 Å². The molecule has 1 aromatic heterocycles. The van der Waals surface area contributed by atoms with Gasteiger partial charge >= 0.3 is 0 Å². The minimum atomic E-state index is -0.509. The molecule has 7 nitrogen and oxygen atoms in total. The summed E-state index contributed by atoms with van der Waals surface area (Å²) in [5, 5.41) is 20.7. The van der Waals surface area contributed by atoms with Crippen LogP contribution in [0.15, 0.2) is 77.3 Å². The topological polar surface area (TPSA) is 82.3 Å². The molecule has 40 heavy (non-hydrogen) atoms. The monoisotopic (exact) mass is 541 g/mol. The van der Waals surface area contributed by atoms with Crippen LogP contribution in [0.5, 0.6) is 0 Å². The molecule has 5 rings (SSSR count). The van der Waals surface area contributed by atoms with Gasteiger partial charge in [0, 0.05) is 87.5 Å². The maximum absolute atomic E-state index is 14.1. The van der Waals surface area contributed by atoms with E-state index in [-0.39, 0.29) is 18.5 Å². The minimum absolute atomic E-state index is 0.112. The van der Waals surface area contributed by atoms with Crippen LogP contribution in [0.1, 0.15) is 24.0 Å². The molecule has 1 saturated heterocycles. The summed E-state index contributed by atoms with van der Waals surface area (Å²) < 4.78 is 28.2. The van der Waals surface area contributed by atoms with Gasteiger partial charge in [-0.25, -0.2) is 13.8 Å². The molecule has 0 aliphatic carbocycles. The second-order valence-corrected chi connectivity index (χ2v) is 10.3. The van der Waals surface area contributed by atoms with E-state index in [0.717, 1.165) is 42.0 Å². The van der Waals surface area contributed by atoms with Crippen molar-refractivity contribution in [2.45, 2.75) is 19.4 Å². The standard InChI is InChI=1S/C31H33F2N7/c1-38-11-8-22(9-12-38)25-17-26(31(37-20-25)23(18-35)7-10-34)24-5-6-30(36-19-24)40-15-13-39(14-16-40)21-27-28(32)3-2-4-29(27)33/h2-6,8,10,17,19-20,34,37H,7,9,11-16,21H2,1H3/b31-23+,34-10?. The zero-order chi connectivity index (χ0) is 28.1. The van der Waals surface area contributed by atoms with Gasteiger partial charge in [0.05, 0.1) is 17.3 Å². The second-order valence-electron chi connectivity index (χ2n) is 10.3. The minimum Gasteiger partial charge on any atom is -0.360 e. The number of nitrogens with one attached hydrogen (secondary N) is 2. The van der Waals surface area contributed by atoms with Crippen molar-refractivity contribution in [1.29, 1.82) is 10.7 Å². The zero-order valence-electron chi connectivity index (χ0n) is 22.6. The number of piperazine rings is 1. The number of hydrogen-bond donors (Lipinski definition) is 2. The van der Waals surface area contributed by atoms with Crippen molar-refractivity contribution < 1.29 is 8.78 Å². The number of dihydropyridines is 1. The molecule has 1 fully saturated rings. The molecule has 3 aliphatic rings. The molecule has 2 N–H and O–H groups in total. The molecule has 4 heterocycles. The fourth-order valence-corrected chi connectivity index (χ4v) is 5.27. The number of allylic oxidation sites excluding steroid dienone is 4. The van der Waals surface area contributed by atoms with Crippen LogP contribution in [0.3, 0.4) is 0 Å². The Bertz CT molecular complexity index is 1400. The first kappa shape index (κ1) is 27.4. The highest BCUT2D eigenvalue weighted by atomic mass is 19.1. The highest BCUT2D eigenvalue weighted by Gasteiger charge is 2.23. The summed E-state index contributed by atoms with van der Waals surface area (Å²) in [6, 6.07) is 10.2. The number of likely N-dealkylation sites (N-methyl/N-ethyl adjacent to an activating group) is 1. The predicted molar refractivity (Wildman–Crippen MR) is 154 cm³/mol. The number of nitrogens with zero attached hydrogens (tertiary/aromatic N) is 5. The van der Waals surface area contributed by atoms with Gasteiger partial charge in [0.2, 0.25) is 0 Å². The zero-order valence-corrected chi connectivity index (χ0v) is 22.6. The third-order valence-electron chi connectivity index (χ3n) is 7.67. The molecule has 0 bridgehead atoms. The van der Waals surface area contributed by atoms with Crippen LogP contribution in [-0.4, -0.2) is 67.3 Å². The molecule has 9 heteroatoms. The number of rotatable bonds is 7. The summed E-state index contributed by atoms with van der Waals surface area (Å²) in [5.41, 5.74) is 5.44. The normalized spacial score (nSPS) is 19.6. The van der Waals surface area contributed by atoms with E-state index in [1.54, 1.807) is 0 Å². The molecule has 3 aliphatic heterocycles. The van der Waals surface area contributed by atoms with E-state index < -0.39 is 11.6 Å². The average molecular weight is 542 g/mol. The summed E-state index contributed by atoms with van der Waals surface area (Å²) in [7, 11) is 2.11. The van der Waals surface area contributed by atoms with Crippen LogP contribution in [0.25, 0.3) is 5.57 Å². The van der Waals surface area contributed by atoms with E-state index in [1.165, 1.54) is 30.0 Å². The van der Waals surface area contributed by atoms with Gasteiger partial charge in [-0.05, 0) is 55.0 Å². The van der Waals surface area contributed by atoms with Gasteiger partial charge in [-0.1, -0.05) is 12.1 Å². The van der Waals surface area contributed by atoms with Crippen LogP contribution in [0.4, 0.5) is 14.6 Å². The number of halogens is 2. The smallest absolute Gasteiger partial charge is 0.130 e. The number of anilines is 1. The molecule has 0 spiro atoms. The first-order valence-corrected chi connectivity index (χ1v) is 13.5. The summed E-state index contributed by atoms with van der Waals surface area (Å²) in [6.45, 7) is 4.88. The fraction of sp³-hybridized carbons (Fsp3) is 0.323. The first-order valence-electron chi connectivity index (χ1n) is 13.5. The van der Waals surface area contributed by atoms with Gasteiger partial charge in [-0.3, -0.25) is 4.90 Å². The van der Waals surface area contributed by atoms with Crippen molar-refractivity contribution in [2.24, 2.45) is 0 Å². The van der Waals surface area contributed by atoms with Crippen LogP contribution < -0.4 is 10.2 Å². The maximum Gasteiger partial charge on any atom is 0.130 e. The van der Waals surface area contributed by atoms with Crippen LogP contribution in [0, 0.1) is 28.4 Å². The summed E-state index contributed by atoms with van der Waals surface area (Å²) >= 11 is 0. The van der Waals surface area contributed by atoms with E-state index >= 15 is 0 Å². The Morgan fingerprint density at radius 1 is 1.12 bits per heavy atom. The van der Waals surface area contributed by atoms with Crippen molar-refractivity contribution in [2.75, 3.05) is 51.2 Å². The fourth-order valence-electron chi connectivity index (χ4n) is 5.27. The quantitative estimate of drug-likeness (QED) is 0.393. The van der Waals surface area contributed by atoms with Gasteiger partial charge in [0.25, 0.3) is 0 Å². The molecule has 0 unspecified atom stereocenters. The SMILES string of the molecule is CN1CC=C(C2=CN/C(=C(/C#N)CC=N)C(c3ccc(N4CCN(Cc5c(F)cccc5F)CC4)nc3)=C2)CC1. The first-order chi connectivity index (χ1) is 19.5. The Labute approximate surface area is 233 Å². The Morgan fingerprint density at radius 3 is 2.52 bits per heavy atom. The third-order valence-corrected chi connectivity index (χ3v) is 7.67.